The number of ether oxygens (including phenoxy) is 2. The topological polar surface area (TPSA) is 102 Å². The number of hydrogen-bond acceptors (Lipinski definition) is 8. The highest BCUT2D eigenvalue weighted by atomic mass is 79.9. The van der Waals surface area contributed by atoms with E-state index in [1.54, 1.807) is 42.7 Å². The Morgan fingerprint density at radius 2 is 1.85 bits per heavy atom. The number of methoxy groups -OCH3 is 2. The third-order valence-corrected chi connectivity index (χ3v) is 13.3. The molecule has 14 heteroatoms. The summed E-state index contributed by atoms with van der Waals surface area (Å²) in [7, 11) is 4.62. The Bertz CT molecular complexity index is 2090. The molecular formula is C40H46BrF3N4O4S2. The van der Waals surface area contributed by atoms with Crippen LogP contribution in [-0.2, 0) is 33.2 Å². The predicted molar refractivity (Wildman–Crippen MR) is 212 cm³/mol. The lowest BCUT2D eigenvalue weighted by atomic mass is 9.75. The predicted octanol–water partition coefficient (Wildman–Crippen LogP) is 9.50. The lowest BCUT2D eigenvalue weighted by Crippen LogP contribution is -2.27. The number of aromatic nitrogens is 4. The van der Waals surface area contributed by atoms with Gasteiger partial charge in [-0.25, -0.2) is 22.8 Å². The number of aryl methyl sites for hydroxylation is 1. The van der Waals surface area contributed by atoms with Crippen molar-refractivity contribution in [3.05, 3.63) is 93.6 Å². The van der Waals surface area contributed by atoms with E-state index in [1.165, 1.54) is 25.4 Å². The zero-order valence-electron chi connectivity index (χ0n) is 31.3. The summed E-state index contributed by atoms with van der Waals surface area (Å²) in [6, 6.07) is 14.1. The molecule has 8 nitrogen and oxygen atoms in total. The van der Waals surface area contributed by atoms with E-state index in [-0.39, 0.29) is 46.4 Å². The molecule has 0 aliphatic carbocycles. The monoisotopic (exact) mass is 846 g/mol. The van der Waals surface area contributed by atoms with Crippen LogP contribution in [0, 0.1) is 28.8 Å². The van der Waals surface area contributed by atoms with E-state index in [2.05, 4.69) is 47.8 Å². The van der Waals surface area contributed by atoms with Gasteiger partial charge in [-0.1, -0.05) is 56.3 Å². The second kappa shape index (κ2) is 18.1. The SMILES string of the molecule is COCC(Cc1cccc(C(C)(CCCC(C)(C)CSCCO)c2nc(-c3cc(Sc4c(F)c(F)c5[nH]ccc5c4Br)ccc3F)n(C)n2)c1)C(=O)OC. The zero-order chi connectivity index (χ0) is 39.2. The third-order valence-electron chi connectivity index (χ3n) is 9.66. The van der Waals surface area contributed by atoms with Crippen molar-refractivity contribution in [3.8, 4) is 11.4 Å². The highest BCUT2D eigenvalue weighted by Crippen LogP contribution is 2.43. The number of carbonyl (C=O) groups excluding carboxylic acids is 1. The second-order valence-corrected chi connectivity index (χ2v) is 17.4. The van der Waals surface area contributed by atoms with Gasteiger partial charge < -0.3 is 19.6 Å². The molecule has 0 aliphatic heterocycles. The fourth-order valence-electron chi connectivity index (χ4n) is 6.66. The highest BCUT2D eigenvalue weighted by molar-refractivity contribution is 9.10. The molecular weight excluding hydrogens is 801 g/mol. The first-order valence-corrected chi connectivity index (χ1v) is 20.4. The van der Waals surface area contributed by atoms with E-state index in [4.69, 9.17) is 19.6 Å². The fourth-order valence-corrected chi connectivity index (χ4v) is 9.30. The molecule has 5 rings (SSSR count). The summed E-state index contributed by atoms with van der Waals surface area (Å²) in [5, 5.41) is 14.7. The van der Waals surface area contributed by atoms with Gasteiger partial charge in [-0.2, -0.15) is 16.9 Å². The molecule has 0 aliphatic rings. The Hall–Kier alpha value is -3.30. The molecule has 2 N–H and O–H groups in total. The zero-order valence-corrected chi connectivity index (χ0v) is 34.5. The van der Waals surface area contributed by atoms with Crippen molar-refractivity contribution in [2.24, 2.45) is 18.4 Å². The van der Waals surface area contributed by atoms with Gasteiger partial charge in [0.25, 0.3) is 0 Å². The number of aliphatic hydroxyl groups is 1. The molecule has 5 aromatic rings. The Labute approximate surface area is 331 Å². The number of thioether (sulfide) groups is 1. The van der Waals surface area contributed by atoms with Crippen molar-refractivity contribution in [3.63, 3.8) is 0 Å². The molecule has 2 unspecified atom stereocenters. The van der Waals surface area contributed by atoms with E-state index in [9.17, 15) is 14.3 Å². The number of fused-ring (bicyclic) bond motifs is 1. The van der Waals surface area contributed by atoms with E-state index in [0.717, 1.165) is 41.5 Å². The molecule has 54 heavy (non-hydrogen) atoms. The van der Waals surface area contributed by atoms with Crippen LogP contribution in [0.2, 0.25) is 0 Å². The van der Waals surface area contributed by atoms with Crippen LogP contribution in [0.5, 0.6) is 0 Å². The number of carbonyl (C=O) groups is 1. The standard InChI is InChI=1S/C40H46BrF3N4O4S2/c1-39(2,23-53-18-17-49)14-8-15-40(3,26-10-7-9-24(20-26)19-25(22-51-5)37(50)52-6)38-46-36(48(4)47-38)29-21-27(11-12-30(29)42)54-35-31(41)28-13-16-45-34(28)32(43)33(35)44/h7,9-13,16,20-21,25,45,49H,8,14-15,17-19,22-23H2,1-6H3. The summed E-state index contributed by atoms with van der Waals surface area (Å²) in [4.78, 5) is 20.8. The van der Waals surface area contributed by atoms with Crippen molar-refractivity contribution in [1.29, 1.82) is 0 Å². The molecule has 0 saturated carbocycles. The minimum atomic E-state index is -1.01. The maximum absolute atomic E-state index is 15.7. The van der Waals surface area contributed by atoms with Gasteiger partial charge in [0.2, 0.25) is 0 Å². The molecule has 2 heterocycles. The summed E-state index contributed by atoms with van der Waals surface area (Å²) in [6.45, 7) is 6.88. The molecule has 2 atom stereocenters. The first-order valence-electron chi connectivity index (χ1n) is 17.6. The van der Waals surface area contributed by atoms with Crippen LogP contribution in [0.3, 0.4) is 0 Å². The van der Waals surface area contributed by atoms with E-state index in [0.29, 0.717) is 39.2 Å². The van der Waals surface area contributed by atoms with Crippen LogP contribution >= 0.6 is 39.5 Å². The van der Waals surface area contributed by atoms with Crippen LogP contribution in [-0.4, -0.2) is 69.8 Å². The normalized spacial score (nSPS) is 13.7. The van der Waals surface area contributed by atoms with E-state index >= 15 is 8.78 Å². The van der Waals surface area contributed by atoms with Crippen LogP contribution in [0.15, 0.2) is 69.0 Å². The molecule has 0 radical (unpaired) electrons. The van der Waals surface area contributed by atoms with Crippen molar-refractivity contribution in [2.75, 3.05) is 38.9 Å². The van der Waals surface area contributed by atoms with Crippen molar-refractivity contribution >= 4 is 56.3 Å². The van der Waals surface area contributed by atoms with Crippen LogP contribution < -0.4 is 0 Å². The largest absolute Gasteiger partial charge is 0.469 e. The summed E-state index contributed by atoms with van der Waals surface area (Å²) in [5.74, 6) is -1.00. The molecule has 0 bridgehead atoms. The molecule has 0 fully saturated rings. The molecule has 3 aromatic carbocycles. The highest BCUT2D eigenvalue weighted by Gasteiger charge is 2.35. The second-order valence-electron chi connectivity index (χ2n) is 14.4. The number of hydrogen-bond donors (Lipinski definition) is 2. The summed E-state index contributed by atoms with van der Waals surface area (Å²) >= 11 is 6.15. The van der Waals surface area contributed by atoms with Crippen LogP contribution in [0.4, 0.5) is 13.2 Å². The van der Waals surface area contributed by atoms with E-state index < -0.39 is 28.8 Å². The Morgan fingerprint density at radius 3 is 2.57 bits per heavy atom. The lowest BCUT2D eigenvalue weighted by molar-refractivity contribution is -0.147. The van der Waals surface area contributed by atoms with Crippen molar-refractivity contribution in [2.45, 2.75) is 61.7 Å². The van der Waals surface area contributed by atoms with Gasteiger partial charge >= 0.3 is 5.97 Å². The first kappa shape index (κ1) is 41.9. The maximum Gasteiger partial charge on any atom is 0.311 e. The number of rotatable bonds is 18. The smallest absolute Gasteiger partial charge is 0.311 e. The van der Waals surface area contributed by atoms with Crippen LogP contribution in [0.1, 0.15) is 57.0 Å². The number of nitrogens with one attached hydrogen (secondary N) is 1. The molecule has 0 spiro atoms. The average Bonchev–Trinajstić information content (AvgIpc) is 3.80. The Morgan fingerprint density at radius 1 is 1.07 bits per heavy atom. The summed E-state index contributed by atoms with van der Waals surface area (Å²) in [5.41, 5.74) is 1.39. The van der Waals surface area contributed by atoms with Gasteiger partial charge in [-0.15, -0.1) is 0 Å². The first-order chi connectivity index (χ1) is 25.7. The number of aliphatic hydroxyl groups excluding tert-OH is 1. The number of halogens is 4. The van der Waals surface area contributed by atoms with Crippen LogP contribution in [0.25, 0.3) is 22.3 Å². The van der Waals surface area contributed by atoms with Gasteiger partial charge in [0, 0.05) is 40.9 Å². The number of H-pyrrole nitrogens is 1. The summed E-state index contributed by atoms with van der Waals surface area (Å²) < 4.78 is 58.2. The number of benzene rings is 3. The maximum atomic E-state index is 15.7. The lowest BCUT2D eigenvalue weighted by Gasteiger charge is -2.31. The van der Waals surface area contributed by atoms with Crippen molar-refractivity contribution < 1.29 is 32.5 Å². The Balaban J connectivity index is 1.52. The van der Waals surface area contributed by atoms with Gasteiger partial charge in [0.05, 0.1) is 47.6 Å². The number of esters is 1. The van der Waals surface area contributed by atoms with Gasteiger partial charge in [-0.05, 0) is 88.7 Å². The van der Waals surface area contributed by atoms with Gasteiger partial charge in [-0.3, -0.25) is 4.79 Å². The quantitative estimate of drug-likeness (QED) is 0.0511. The average molecular weight is 848 g/mol. The fraction of sp³-hybridized carbons (Fsp3) is 0.425. The van der Waals surface area contributed by atoms with Gasteiger partial charge in [0.1, 0.15) is 5.82 Å². The third kappa shape index (κ3) is 9.38. The molecule has 0 amide bonds. The summed E-state index contributed by atoms with van der Waals surface area (Å²) in [6.07, 6.45) is 4.36. The van der Waals surface area contributed by atoms with E-state index in [1.807, 2.05) is 18.2 Å². The van der Waals surface area contributed by atoms with Crippen molar-refractivity contribution in [1.82, 2.24) is 19.7 Å². The molecule has 2 aromatic heterocycles. The minimum Gasteiger partial charge on any atom is -0.469 e. The molecule has 0 saturated heterocycles. The number of nitrogens with zero attached hydrogens (tertiary/aromatic N) is 3. The minimum absolute atomic E-state index is 0.0173. The molecule has 290 valence electrons. The number of aromatic amines is 1. The Kier molecular flexibility index (Phi) is 14.0. The van der Waals surface area contributed by atoms with Gasteiger partial charge in [0.15, 0.2) is 23.3 Å².